The Morgan fingerprint density at radius 2 is 1.81 bits per heavy atom. The zero-order valence-corrected chi connectivity index (χ0v) is 15.1. The van der Waals surface area contributed by atoms with E-state index in [-0.39, 0.29) is 11.7 Å². The second-order valence-corrected chi connectivity index (χ2v) is 6.63. The summed E-state index contributed by atoms with van der Waals surface area (Å²) < 4.78 is 13.7. The van der Waals surface area contributed by atoms with E-state index in [2.05, 4.69) is 9.98 Å². The number of aliphatic imine (C=N–C) groups is 1. The van der Waals surface area contributed by atoms with Crippen LogP contribution >= 0.6 is 0 Å². The molecule has 5 heteroatoms. The zero-order chi connectivity index (χ0) is 19.0. The van der Waals surface area contributed by atoms with E-state index in [1.54, 1.807) is 31.3 Å². The molecule has 1 amide bonds. The molecule has 27 heavy (non-hydrogen) atoms. The Morgan fingerprint density at radius 3 is 2.52 bits per heavy atom. The molecule has 0 saturated carbocycles. The van der Waals surface area contributed by atoms with E-state index in [1.807, 2.05) is 36.4 Å². The van der Waals surface area contributed by atoms with E-state index in [9.17, 15) is 9.18 Å². The van der Waals surface area contributed by atoms with Gasteiger partial charge in [0.05, 0.1) is 18.0 Å². The lowest BCUT2D eigenvalue weighted by Gasteiger charge is -2.13. The Bertz CT molecular complexity index is 1060. The minimum atomic E-state index is -0.291. The van der Waals surface area contributed by atoms with Crippen LogP contribution in [-0.4, -0.2) is 35.6 Å². The molecule has 134 valence electrons. The molecule has 4 rings (SSSR count). The number of nitrogens with zero attached hydrogens (tertiary/aromatic N) is 3. The number of benzene rings is 2. The molecular formula is C22H18FN3O. The average Bonchev–Trinajstić information content (AvgIpc) is 3.12. The van der Waals surface area contributed by atoms with Crippen LogP contribution in [0.1, 0.15) is 27.2 Å². The van der Waals surface area contributed by atoms with Crippen molar-refractivity contribution in [1.29, 1.82) is 0 Å². The van der Waals surface area contributed by atoms with Crippen LogP contribution in [0.4, 0.5) is 4.39 Å². The Labute approximate surface area is 157 Å². The predicted octanol–water partition coefficient (Wildman–Crippen LogP) is 3.94. The van der Waals surface area contributed by atoms with Crippen LogP contribution in [-0.2, 0) is 6.54 Å². The Balaban J connectivity index is 1.78. The minimum Gasteiger partial charge on any atom is -0.345 e. The molecule has 3 aromatic rings. The first-order chi connectivity index (χ1) is 13.0. The van der Waals surface area contributed by atoms with Gasteiger partial charge in [-0.3, -0.25) is 14.8 Å². The van der Waals surface area contributed by atoms with Crippen LogP contribution in [0.25, 0.3) is 11.1 Å². The second kappa shape index (κ2) is 6.76. The van der Waals surface area contributed by atoms with Gasteiger partial charge in [-0.2, -0.15) is 0 Å². The van der Waals surface area contributed by atoms with E-state index in [0.717, 1.165) is 33.7 Å². The molecule has 0 unspecified atom stereocenters. The van der Waals surface area contributed by atoms with E-state index < -0.39 is 0 Å². The molecule has 0 atom stereocenters. The summed E-state index contributed by atoms with van der Waals surface area (Å²) in [6.07, 6.45) is 1.76. The highest BCUT2D eigenvalue weighted by atomic mass is 19.1. The maximum atomic E-state index is 13.7. The van der Waals surface area contributed by atoms with Gasteiger partial charge in [0.25, 0.3) is 5.91 Å². The molecule has 0 bridgehead atoms. The third-order valence-corrected chi connectivity index (χ3v) is 4.60. The number of hydrogen-bond donors (Lipinski definition) is 0. The number of hydrogen-bond acceptors (Lipinski definition) is 3. The largest absolute Gasteiger partial charge is 0.345 e. The Hall–Kier alpha value is -3.34. The molecule has 2 aromatic carbocycles. The lowest BCUT2D eigenvalue weighted by Crippen LogP contribution is -2.21. The first-order valence-electron chi connectivity index (χ1n) is 8.65. The summed E-state index contributed by atoms with van der Waals surface area (Å²) in [5, 5.41) is 0. The van der Waals surface area contributed by atoms with Crippen LogP contribution in [0.15, 0.2) is 65.8 Å². The quantitative estimate of drug-likeness (QED) is 0.711. The van der Waals surface area contributed by atoms with Gasteiger partial charge >= 0.3 is 0 Å². The number of carbonyl (C=O) groups excluding carboxylic acids is 1. The summed E-state index contributed by atoms with van der Waals surface area (Å²) in [7, 11) is 3.46. The van der Waals surface area contributed by atoms with Crippen molar-refractivity contribution in [3.63, 3.8) is 0 Å². The topological polar surface area (TPSA) is 45.6 Å². The fraction of sp³-hybridized carbons (Fsp3) is 0.136. The summed E-state index contributed by atoms with van der Waals surface area (Å²) in [6, 6.07) is 15.9. The van der Waals surface area contributed by atoms with Crippen LogP contribution in [0.2, 0.25) is 0 Å². The van der Waals surface area contributed by atoms with E-state index in [4.69, 9.17) is 0 Å². The predicted molar refractivity (Wildman–Crippen MR) is 103 cm³/mol. The number of pyridine rings is 1. The van der Waals surface area contributed by atoms with Gasteiger partial charge in [-0.25, -0.2) is 4.39 Å². The Morgan fingerprint density at radius 1 is 1.04 bits per heavy atom. The molecule has 0 radical (unpaired) electrons. The Kier molecular flexibility index (Phi) is 4.28. The molecule has 1 aliphatic heterocycles. The summed E-state index contributed by atoms with van der Waals surface area (Å²) in [5.74, 6) is -0.329. The van der Waals surface area contributed by atoms with Crippen molar-refractivity contribution in [2.45, 2.75) is 6.54 Å². The molecule has 0 fully saturated rings. The summed E-state index contributed by atoms with van der Waals surface area (Å²) >= 11 is 0. The van der Waals surface area contributed by atoms with Crippen LogP contribution in [0.3, 0.4) is 0 Å². The first-order valence-corrected chi connectivity index (χ1v) is 8.65. The van der Waals surface area contributed by atoms with Crippen LogP contribution in [0, 0.1) is 5.82 Å². The van der Waals surface area contributed by atoms with Gasteiger partial charge < -0.3 is 4.90 Å². The van der Waals surface area contributed by atoms with Crippen molar-refractivity contribution < 1.29 is 9.18 Å². The summed E-state index contributed by atoms with van der Waals surface area (Å²) in [4.78, 5) is 22.7. The standard InChI is InChI=1S/C22H18FN3O/c1-26(2)22(27)15-8-6-14(7-9-15)18-10-11-24-19-13-25-21(20(18)19)16-4-3-5-17(23)12-16/h3-12H,13H2,1-2H3. The lowest BCUT2D eigenvalue weighted by atomic mass is 9.93. The molecule has 1 aromatic heterocycles. The normalized spacial score (nSPS) is 12.5. The fourth-order valence-electron chi connectivity index (χ4n) is 3.28. The molecular weight excluding hydrogens is 341 g/mol. The molecule has 1 aliphatic rings. The van der Waals surface area contributed by atoms with Crippen molar-refractivity contribution in [2.75, 3.05) is 14.1 Å². The van der Waals surface area contributed by atoms with Crippen molar-refractivity contribution in [1.82, 2.24) is 9.88 Å². The molecule has 2 heterocycles. The maximum absolute atomic E-state index is 13.7. The van der Waals surface area contributed by atoms with Gasteiger partial charge in [0.15, 0.2) is 0 Å². The van der Waals surface area contributed by atoms with Crippen LogP contribution in [0.5, 0.6) is 0 Å². The van der Waals surface area contributed by atoms with Gasteiger partial charge in [0, 0.05) is 37.0 Å². The minimum absolute atomic E-state index is 0.0384. The fourth-order valence-corrected chi connectivity index (χ4v) is 3.28. The SMILES string of the molecule is CN(C)C(=O)c1ccc(-c2ccnc3c2C(c2cccc(F)c2)=NC3)cc1. The monoisotopic (exact) mass is 359 g/mol. The van der Waals surface area contributed by atoms with Gasteiger partial charge in [0.1, 0.15) is 5.82 Å². The zero-order valence-electron chi connectivity index (χ0n) is 15.1. The number of rotatable bonds is 3. The molecule has 0 saturated heterocycles. The molecule has 0 aliphatic carbocycles. The average molecular weight is 359 g/mol. The van der Waals surface area contributed by atoms with Crippen LogP contribution < -0.4 is 0 Å². The van der Waals surface area contributed by atoms with Crippen molar-refractivity contribution in [2.24, 2.45) is 4.99 Å². The summed E-state index contributed by atoms with van der Waals surface area (Å²) in [5.41, 5.74) is 5.87. The van der Waals surface area contributed by atoms with Gasteiger partial charge in [-0.1, -0.05) is 24.3 Å². The van der Waals surface area contributed by atoms with Gasteiger partial charge in [-0.05, 0) is 41.5 Å². The maximum Gasteiger partial charge on any atom is 0.253 e. The molecule has 4 nitrogen and oxygen atoms in total. The summed E-state index contributed by atoms with van der Waals surface area (Å²) in [6.45, 7) is 0.478. The lowest BCUT2D eigenvalue weighted by molar-refractivity contribution is 0.0827. The van der Waals surface area contributed by atoms with Crippen molar-refractivity contribution in [3.05, 3.63) is 89.0 Å². The highest BCUT2D eigenvalue weighted by Crippen LogP contribution is 2.32. The molecule has 0 spiro atoms. The second-order valence-electron chi connectivity index (χ2n) is 6.63. The third-order valence-electron chi connectivity index (χ3n) is 4.60. The van der Waals surface area contributed by atoms with E-state index in [0.29, 0.717) is 12.1 Å². The van der Waals surface area contributed by atoms with E-state index >= 15 is 0 Å². The van der Waals surface area contributed by atoms with Crippen molar-refractivity contribution in [3.8, 4) is 11.1 Å². The van der Waals surface area contributed by atoms with E-state index in [1.165, 1.54) is 12.1 Å². The number of aromatic nitrogens is 1. The third kappa shape index (κ3) is 3.12. The number of halogens is 1. The number of carbonyl (C=O) groups is 1. The van der Waals surface area contributed by atoms with Crippen molar-refractivity contribution >= 4 is 11.6 Å². The smallest absolute Gasteiger partial charge is 0.253 e. The molecule has 0 N–H and O–H groups in total. The van der Waals surface area contributed by atoms with Gasteiger partial charge in [0.2, 0.25) is 0 Å². The number of amides is 1. The first kappa shape index (κ1) is 17.1. The highest BCUT2D eigenvalue weighted by molar-refractivity contribution is 6.18. The number of fused-ring (bicyclic) bond motifs is 1. The van der Waals surface area contributed by atoms with Gasteiger partial charge in [-0.15, -0.1) is 0 Å². The highest BCUT2D eigenvalue weighted by Gasteiger charge is 2.23.